The Bertz CT molecular complexity index is 934. The van der Waals surface area contributed by atoms with Crippen LogP contribution >= 0.6 is 0 Å². The van der Waals surface area contributed by atoms with Crippen molar-refractivity contribution in [1.82, 2.24) is 10.3 Å². The van der Waals surface area contributed by atoms with Gasteiger partial charge in [-0.25, -0.2) is 0 Å². The van der Waals surface area contributed by atoms with E-state index in [0.717, 1.165) is 27.9 Å². The van der Waals surface area contributed by atoms with E-state index in [9.17, 15) is 4.79 Å². The second kappa shape index (κ2) is 7.44. The molecule has 1 N–H and O–H groups in total. The van der Waals surface area contributed by atoms with Gasteiger partial charge in [-0.1, -0.05) is 12.1 Å². The van der Waals surface area contributed by atoms with Crippen LogP contribution in [-0.2, 0) is 6.54 Å². The highest BCUT2D eigenvalue weighted by Crippen LogP contribution is 2.22. The number of hydrogen-bond acceptors (Lipinski definition) is 4. The molecule has 0 saturated heterocycles. The molecule has 0 fully saturated rings. The number of ether oxygens (including phenoxy) is 1. The number of nitrogens with one attached hydrogen (secondary N) is 1. The number of fused-ring (bicyclic) bond motifs is 1. The van der Waals surface area contributed by atoms with Crippen molar-refractivity contribution in [1.29, 1.82) is 0 Å². The van der Waals surface area contributed by atoms with Gasteiger partial charge in [0.1, 0.15) is 5.75 Å². The van der Waals surface area contributed by atoms with E-state index >= 15 is 0 Å². The fourth-order valence-electron chi connectivity index (χ4n) is 2.80. The molecule has 2 aromatic carbocycles. The summed E-state index contributed by atoms with van der Waals surface area (Å²) in [6.07, 6.45) is 0. The summed E-state index contributed by atoms with van der Waals surface area (Å²) in [5.74, 6) is 0.617. The number of pyridine rings is 1. The van der Waals surface area contributed by atoms with Gasteiger partial charge in [0.25, 0.3) is 5.91 Å². The first kappa shape index (κ1) is 17.7. The second-order valence-electron chi connectivity index (χ2n) is 6.42. The van der Waals surface area contributed by atoms with Gasteiger partial charge in [0.05, 0.1) is 23.9 Å². The lowest BCUT2D eigenvalue weighted by Crippen LogP contribution is -2.24. The van der Waals surface area contributed by atoms with E-state index in [1.165, 1.54) is 0 Å². The number of hydrogen-bond donors (Lipinski definition) is 1. The van der Waals surface area contributed by atoms with Crippen LogP contribution in [-0.4, -0.2) is 32.1 Å². The molecule has 0 unspecified atom stereocenters. The molecule has 0 radical (unpaired) electrons. The molecular formula is C21H23N3O2. The molecule has 0 atom stereocenters. The van der Waals surface area contributed by atoms with E-state index in [1.807, 2.05) is 74.4 Å². The molecule has 3 aromatic rings. The van der Waals surface area contributed by atoms with E-state index in [2.05, 4.69) is 10.3 Å². The van der Waals surface area contributed by atoms with Crippen LogP contribution in [0, 0.1) is 6.92 Å². The van der Waals surface area contributed by atoms with E-state index < -0.39 is 0 Å². The molecule has 1 amide bonds. The van der Waals surface area contributed by atoms with Gasteiger partial charge in [-0.05, 0) is 48.9 Å². The molecule has 134 valence electrons. The normalized spacial score (nSPS) is 10.6. The predicted molar refractivity (Wildman–Crippen MR) is 105 cm³/mol. The Morgan fingerprint density at radius 3 is 2.50 bits per heavy atom. The summed E-state index contributed by atoms with van der Waals surface area (Å²) >= 11 is 0. The summed E-state index contributed by atoms with van der Waals surface area (Å²) in [6.45, 7) is 2.33. The molecule has 0 aliphatic carbocycles. The summed E-state index contributed by atoms with van der Waals surface area (Å²) in [5, 5.41) is 3.86. The first-order valence-electron chi connectivity index (χ1n) is 8.48. The highest BCUT2D eigenvalue weighted by atomic mass is 16.5. The maximum Gasteiger partial charge on any atom is 0.253 e. The number of amides is 1. The molecule has 0 saturated carbocycles. The highest BCUT2D eigenvalue weighted by Gasteiger charge is 2.12. The number of methoxy groups -OCH3 is 1. The van der Waals surface area contributed by atoms with E-state index in [1.54, 1.807) is 7.11 Å². The van der Waals surface area contributed by atoms with Gasteiger partial charge >= 0.3 is 0 Å². The van der Waals surface area contributed by atoms with E-state index in [4.69, 9.17) is 4.74 Å². The third-order valence-corrected chi connectivity index (χ3v) is 4.36. The number of carbonyl (C=O) groups is 1. The zero-order chi connectivity index (χ0) is 18.7. The molecule has 0 aliphatic rings. The van der Waals surface area contributed by atoms with Crippen LogP contribution in [0.1, 0.15) is 21.6 Å². The average Bonchev–Trinajstić information content (AvgIpc) is 2.65. The molecule has 5 heteroatoms. The van der Waals surface area contributed by atoms with Crippen molar-refractivity contribution in [3.05, 3.63) is 65.4 Å². The Morgan fingerprint density at radius 1 is 1.12 bits per heavy atom. The van der Waals surface area contributed by atoms with Crippen molar-refractivity contribution in [2.75, 3.05) is 26.1 Å². The quantitative estimate of drug-likeness (QED) is 0.765. The van der Waals surface area contributed by atoms with Gasteiger partial charge in [0.2, 0.25) is 0 Å². The summed E-state index contributed by atoms with van der Waals surface area (Å²) in [4.78, 5) is 19.2. The van der Waals surface area contributed by atoms with Crippen LogP contribution in [0.25, 0.3) is 10.9 Å². The van der Waals surface area contributed by atoms with Crippen molar-refractivity contribution < 1.29 is 9.53 Å². The van der Waals surface area contributed by atoms with Crippen molar-refractivity contribution >= 4 is 22.5 Å². The zero-order valence-corrected chi connectivity index (χ0v) is 15.5. The summed E-state index contributed by atoms with van der Waals surface area (Å²) in [6, 6.07) is 15.6. The third-order valence-electron chi connectivity index (χ3n) is 4.36. The number of rotatable bonds is 5. The Kier molecular flexibility index (Phi) is 5.07. The van der Waals surface area contributed by atoms with Gasteiger partial charge in [-0.15, -0.1) is 0 Å². The molecule has 3 rings (SSSR count). The predicted octanol–water partition coefficient (Wildman–Crippen LogP) is 3.55. The van der Waals surface area contributed by atoms with E-state index in [-0.39, 0.29) is 5.91 Å². The number of aromatic nitrogens is 1. The maximum atomic E-state index is 12.6. The van der Waals surface area contributed by atoms with Gasteiger partial charge in [0, 0.05) is 31.7 Å². The Labute approximate surface area is 153 Å². The summed E-state index contributed by atoms with van der Waals surface area (Å²) < 4.78 is 5.25. The average molecular weight is 349 g/mol. The summed E-state index contributed by atoms with van der Waals surface area (Å²) in [7, 11) is 5.63. The smallest absolute Gasteiger partial charge is 0.253 e. The van der Waals surface area contributed by atoms with Gasteiger partial charge in [-0.2, -0.15) is 0 Å². The molecule has 26 heavy (non-hydrogen) atoms. The van der Waals surface area contributed by atoms with Crippen LogP contribution < -0.4 is 15.0 Å². The van der Waals surface area contributed by atoms with Gasteiger partial charge < -0.3 is 15.0 Å². The van der Waals surface area contributed by atoms with Crippen molar-refractivity contribution in [3.8, 4) is 5.75 Å². The SMILES string of the molecule is COc1ccc2nc(C)c(C(=O)NCc3ccc(N(C)C)cc3)cc2c1. The lowest BCUT2D eigenvalue weighted by molar-refractivity contribution is 0.0950. The highest BCUT2D eigenvalue weighted by molar-refractivity contribution is 5.98. The monoisotopic (exact) mass is 349 g/mol. The Morgan fingerprint density at radius 2 is 1.85 bits per heavy atom. The first-order chi connectivity index (χ1) is 12.5. The minimum Gasteiger partial charge on any atom is -0.497 e. The first-order valence-corrected chi connectivity index (χ1v) is 8.48. The zero-order valence-electron chi connectivity index (χ0n) is 15.5. The fourth-order valence-corrected chi connectivity index (χ4v) is 2.80. The number of anilines is 1. The summed E-state index contributed by atoms with van der Waals surface area (Å²) in [5.41, 5.74) is 4.32. The lowest BCUT2D eigenvalue weighted by atomic mass is 10.1. The largest absolute Gasteiger partial charge is 0.497 e. The number of benzene rings is 2. The molecule has 0 bridgehead atoms. The topological polar surface area (TPSA) is 54.5 Å². The van der Waals surface area contributed by atoms with Gasteiger partial charge in [-0.3, -0.25) is 9.78 Å². The van der Waals surface area contributed by atoms with Crippen molar-refractivity contribution in [2.45, 2.75) is 13.5 Å². The van der Waals surface area contributed by atoms with Crippen LogP contribution in [0.5, 0.6) is 5.75 Å². The Balaban J connectivity index is 1.77. The van der Waals surface area contributed by atoms with Crippen LogP contribution in [0.4, 0.5) is 5.69 Å². The molecule has 5 nitrogen and oxygen atoms in total. The number of nitrogens with zero attached hydrogens (tertiary/aromatic N) is 2. The third kappa shape index (κ3) is 3.77. The number of aryl methyl sites for hydroxylation is 1. The van der Waals surface area contributed by atoms with E-state index in [0.29, 0.717) is 17.8 Å². The molecule has 1 heterocycles. The van der Waals surface area contributed by atoms with Gasteiger partial charge in [0.15, 0.2) is 0 Å². The van der Waals surface area contributed by atoms with Crippen molar-refractivity contribution in [2.24, 2.45) is 0 Å². The maximum absolute atomic E-state index is 12.6. The second-order valence-corrected chi connectivity index (χ2v) is 6.42. The molecule has 0 spiro atoms. The molecule has 0 aliphatic heterocycles. The van der Waals surface area contributed by atoms with Crippen LogP contribution in [0.15, 0.2) is 48.5 Å². The van der Waals surface area contributed by atoms with Crippen molar-refractivity contribution in [3.63, 3.8) is 0 Å². The minimum absolute atomic E-state index is 0.128. The molecular weight excluding hydrogens is 326 g/mol. The minimum atomic E-state index is -0.128. The standard InChI is InChI=1S/C21H23N3O2/c1-14-19(12-16-11-18(26-4)9-10-20(16)23-14)21(25)22-13-15-5-7-17(8-6-15)24(2)3/h5-12H,13H2,1-4H3,(H,22,25). The number of carbonyl (C=O) groups excluding carboxylic acids is 1. The fraction of sp³-hybridized carbons (Fsp3) is 0.238. The van der Waals surface area contributed by atoms with Crippen LogP contribution in [0.3, 0.4) is 0 Å². The molecule has 1 aromatic heterocycles. The van der Waals surface area contributed by atoms with Crippen LogP contribution in [0.2, 0.25) is 0 Å². The lowest BCUT2D eigenvalue weighted by Gasteiger charge is -2.13. The Hall–Kier alpha value is -3.08.